The summed E-state index contributed by atoms with van der Waals surface area (Å²) in [5.41, 5.74) is 6.14. The largest absolute Gasteiger partial charge is 0.478 e. The number of nitrogens with one attached hydrogen (secondary N) is 1. The summed E-state index contributed by atoms with van der Waals surface area (Å²) in [6, 6.07) is 3.96. The van der Waals surface area contributed by atoms with Crippen molar-refractivity contribution in [2.45, 2.75) is 0 Å². The maximum Gasteiger partial charge on any atom is 0.409 e. The fraction of sp³-hybridized carbons (Fsp3) is 0. The Morgan fingerprint density at radius 1 is 1.32 bits per heavy atom. The van der Waals surface area contributed by atoms with Gasteiger partial charge in [-0.1, -0.05) is 0 Å². The molecule has 0 aliphatic heterocycles. The van der Waals surface area contributed by atoms with Crippen LogP contribution >= 0.6 is 0 Å². The molecule has 1 aromatic heterocycles. The normalized spacial score (nSPS) is 10.1. The van der Waals surface area contributed by atoms with Crippen molar-refractivity contribution in [2.24, 2.45) is 0 Å². The highest BCUT2D eigenvalue weighted by Gasteiger charge is 2.13. The Hall–Kier alpha value is -3.03. The van der Waals surface area contributed by atoms with Crippen LogP contribution in [0.3, 0.4) is 0 Å². The first-order chi connectivity index (χ1) is 8.99. The number of aromatic nitrogens is 2. The van der Waals surface area contributed by atoms with E-state index in [9.17, 15) is 9.59 Å². The number of hydrogen-bond donors (Lipinski definition) is 4. The minimum Gasteiger partial charge on any atom is -0.478 e. The number of anilines is 2. The quantitative estimate of drug-likeness (QED) is 0.658. The number of nitrogen functional groups attached to an aromatic ring is 1. The second kappa shape index (κ2) is 4.69. The lowest BCUT2D eigenvalue weighted by Gasteiger charge is -2.12. The van der Waals surface area contributed by atoms with Crippen LogP contribution in [0.1, 0.15) is 10.4 Å². The van der Waals surface area contributed by atoms with Crippen molar-refractivity contribution in [1.82, 2.24) is 9.55 Å². The Balaban J connectivity index is 2.59. The van der Waals surface area contributed by atoms with E-state index in [1.165, 1.54) is 35.2 Å². The molecule has 0 aliphatic carbocycles. The van der Waals surface area contributed by atoms with E-state index >= 15 is 0 Å². The van der Waals surface area contributed by atoms with Crippen LogP contribution in [-0.4, -0.2) is 31.8 Å². The summed E-state index contributed by atoms with van der Waals surface area (Å²) in [6.45, 7) is 0. The summed E-state index contributed by atoms with van der Waals surface area (Å²) in [7, 11) is 0. The number of hydrogen-bond acceptors (Lipinski definition) is 4. The predicted octanol–water partition coefficient (Wildman–Crippen LogP) is 1.24. The third-order valence-corrected chi connectivity index (χ3v) is 2.42. The Labute approximate surface area is 107 Å². The zero-order valence-electron chi connectivity index (χ0n) is 9.57. The topological polar surface area (TPSA) is 130 Å². The van der Waals surface area contributed by atoms with Crippen molar-refractivity contribution in [2.75, 3.05) is 11.1 Å². The molecule has 5 N–H and O–H groups in total. The Morgan fingerprint density at radius 3 is 2.58 bits per heavy atom. The smallest absolute Gasteiger partial charge is 0.409 e. The zero-order valence-corrected chi connectivity index (χ0v) is 9.57. The number of carboxylic acid groups (broad SMARTS) is 2. The summed E-state index contributed by atoms with van der Waals surface area (Å²) in [5.74, 6) is -1.00. The highest BCUT2D eigenvalue weighted by Crippen LogP contribution is 2.24. The number of benzene rings is 1. The van der Waals surface area contributed by atoms with Crippen molar-refractivity contribution < 1.29 is 19.8 Å². The molecule has 0 aliphatic rings. The minimum atomic E-state index is -1.26. The van der Waals surface area contributed by atoms with Gasteiger partial charge >= 0.3 is 12.1 Å². The molecule has 0 atom stereocenters. The molecule has 2 rings (SSSR count). The van der Waals surface area contributed by atoms with Gasteiger partial charge in [-0.25, -0.2) is 14.6 Å². The maximum atomic E-state index is 10.9. The first-order valence-electron chi connectivity index (χ1n) is 5.15. The first-order valence-corrected chi connectivity index (χ1v) is 5.15. The van der Waals surface area contributed by atoms with Gasteiger partial charge in [-0.2, -0.15) is 0 Å². The molecule has 1 heterocycles. The average Bonchev–Trinajstić information content (AvgIpc) is 2.75. The number of rotatable bonds is 3. The fourth-order valence-electron chi connectivity index (χ4n) is 1.60. The van der Waals surface area contributed by atoms with E-state index < -0.39 is 12.1 Å². The maximum absolute atomic E-state index is 10.9. The fourth-order valence-corrected chi connectivity index (χ4v) is 1.60. The van der Waals surface area contributed by atoms with Gasteiger partial charge in [0.1, 0.15) is 0 Å². The second-order valence-corrected chi connectivity index (χ2v) is 3.62. The Bertz CT molecular complexity index is 650. The average molecular weight is 262 g/mol. The van der Waals surface area contributed by atoms with E-state index in [0.29, 0.717) is 0 Å². The van der Waals surface area contributed by atoms with Crippen LogP contribution in [-0.2, 0) is 0 Å². The molecule has 0 saturated carbocycles. The van der Waals surface area contributed by atoms with Gasteiger partial charge in [0.05, 0.1) is 16.9 Å². The molecule has 0 radical (unpaired) electrons. The van der Waals surface area contributed by atoms with Crippen molar-refractivity contribution in [1.29, 1.82) is 0 Å². The van der Waals surface area contributed by atoms with Gasteiger partial charge in [-0.05, 0) is 18.2 Å². The monoisotopic (exact) mass is 262 g/mol. The van der Waals surface area contributed by atoms with Crippen molar-refractivity contribution in [3.63, 3.8) is 0 Å². The van der Waals surface area contributed by atoms with Crippen molar-refractivity contribution >= 4 is 23.7 Å². The van der Waals surface area contributed by atoms with E-state index in [1.807, 2.05) is 0 Å². The van der Waals surface area contributed by atoms with E-state index in [4.69, 9.17) is 15.9 Å². The minimum absolute atomic E-state index is 0.0130. The molecule has 2 aromatic rings. The standard InChI is InChI=1S/C11H10N4O4/c12-10-13-3-4-15(10)8-5-6(9(16)17)1-2-7(8)14-11(18)19/h1-5,14H,(H2,12,13)(H,16,17)(H,18,19). The molecule has 0 bridgehead atoms. The second-order valence-electron chi connectivity index (χ2n) is 3.62. The predicted molar refractivity (Wildman–Crippen MR) is 66.6 cm³/mol. The molecule has 0 saturated heterocycles. The van der Waals surface area contributed by atoms with Crippen LogP contribution in [0.15, 0.2) is 30.6 Å². The van der Waals surface area contributed by atoms with Crippen LogP contribution in [0.2, 0.25) is 0 Å². The molecule has 0 fully saturated rings. The molecule has 8 heteroatoms. The van der Waals surface area contributed by atoms with Gasteiger partial charge in [-0.3, -0.25) is 9.88 Å². The molecule has 0 spiro atoms. The Kier molecular flexibility index (Phi) is 3.06. The van der Waals surface area contributed by atoms with Crippen LogP contribution in [0.25, 0.3) is 5.69 Å². The molecule has 19 heavy (non-hydrogen) atoms. The number of imidazole rings is 1. The van der Waals surface area contributed by atoms with Gasteiger partial charge in [0.15, 0.2) is 0 Å². The van der Waals surface area contributed by atoms with Gasteiger partial charge in [0.2, 0.25) is 5.95 Å². The van der Waals surface area contributed by atoms with E-state index in [0.717, 1.165) is 0 Å². The van der Waals surface area contributed by atoms with Crippen LogP contribution in [0, 0.1) is 0 Å². The molecular weight excluding hydrogens is 252 g/mol. The number of amides is 1. The summed E-state index contributed by atoms with van der Waals surface area (Å²) in [5, 5.41) is 19.9. The number of carboxylic acids is 1. The first kappa shape index (κ1) is 12.4. The summed E-state index contributed by atoms with van der Waals surface area (Å²) in [6.07, 6.45) is 1.67. The number of nitrogens with zero attached hydrogens (tertiary/aromatic N) is 2. The lowest BCUT2D eigenvalue weighted by atomic mass is 10.1. The Morgan fingerprint density at radius 2 is 2.05 bits per heavy atom. The third-order valence-electron chi connectivity index (χ3n) is 2.42. The lowest BCUT2D eigenvalue weighted by Crippen LogP contribution is -2.12. The van der Waals surface area contributed by atoms with E-state index in [1.54, 1.807) is 0 Å². The number of carbonyl (C=O) groups is 2. The van der Waals surface area contributed by atoms with Gasteiger partial charge < -0.3 is 15.9 Å². The molecule has 0 unspecified atom stereocenters. The van der Waals surface area contributed by atoms with Crippen molar-refractivity contribution in [3.05, 3.63) is 36.2 Å². The molecular formula is C11H10N4O4. The van der Waals surface area contributed by atoms with Gasteiger partial charge in [0, 0.05) is 12.4 Å². The summed E-state index contributed by atoms with van der Waals surface area (Å²) >= 11 is 0. The van der Waals surface area contributed by atoms with Crippen LogP contribution < -0.4 is 11.1 Å². The highest BCUT2D eigenvalue weighted by atomic mass is 16.4. The van der Waals surface area contributed by atoms with Gasteiger partial charge in [-0.15, -0.1) is 0 Å². The number of aromatic carboxylic acids is 1. The zero-order chi connectivity index (χ0) is 14.0. The molecule has 1 aromatic carbocycles. The van der Waals surface area contributed by atoms with Crippen molar-refractivity contribution in [3.8, 4) is 5.69 Å². The summed E-state index contributed by atoms with van der Waals surface area (Å²) in [4.78, 5) is 25.5. The SMILES string of the molecule is Nc1nccn1-c1cc(C(=O)O)ccc1NC(=O)O. The lowest BCUT2D eigenvalue weighted by molar-refractivity contribution is 0.0697. The van der Waals surface area contributed by atoms with E-state index in [2.05, 4.69) is 10.3 Å². The van der Waals surface area contributed by atoms with Crippen LogP contribution in [0.4, 0.5) is 16.4 Å². The number of nitrogens with two attached hydrogens (primary N) is 1. The molecule has 8 nitrogen and oxygen atoms in total. The highest BCUT2D eigenvalue weighted by molar-refractivity contribution is 5.92. The molecule has 1 amide bonds. The van der Waals surface area contributed by atoms with Crippen LogP contribution in [0.5, 0.6) is 0 Å². The molecule has 98 valence electrons. The summed E-state index contributed by atoms with van der Waals surface area (Å²) < 4.78 is 1.39. The van der Waals surface area contributed by atoms with Gasteiger partial charge in [0.25, 0.3) is 0 Å². The third kappa shape index (κ3) is 2.46. The van der Waals surface area contributed by atoms with E-state index in [-0.39, 0.29) is 22.9 Å².